The highest BCUT2D eigenvalue weighted by Crippen LogP contribution is 2.45. The van der Waals surface area contributed by atoms with Crippen molar-refractivity contribution in [2.24, 2.45) is 0 Å². The predicted octanol–water partition coefficient (Wildman–Crippen LogP) is 7.45. The van der Waals surface area contributed by atoms with Gasteiger partial charge in [0.05, 0.1) is 11.4 Å². The molecule has 0 unspecified atom stereocenters. The van der Waals surface area contributed by atoms with Crippen LogP contribution >= 0.6 is 0 Å². The van der Waals surface area contributed by atoms with Gasteiger partial charge in [0.1, 0.15) is 28.1 Å². The van der Waals surface area contributed by atoms with Crippen LogP contribution in [0.4, 0.5) is 15.8 Å². The molecule has 37 heavy (non-hydrogen) atoms. The normalized spacial score (nSPS) is 12.8. The first-order valence-electron chi connectivity index (χ1n) is 12.1. The quantitative estimate of drug-likeness (QED) is 0.189. The largest absolute Gasteiger partial charge is 0.481 e. The Morgan fingerprint density at radius 2 is 1.41 bits per heavy atom. The number of carbonyl (C=O) groups excluding carboxylic acids is 1. The molecule has 1 heterocycles. The van der Waals surface area contributed by atoms with Crippen molar-refractivity contribution in [1.29, 1.82) is 0 Å². The first kappa shape index (κ1) is 24.9. The first-order valence-corrected chi connectivity index (χ1v) is 13.4. The van der Waals surface area contributed by atoms with Crippen LogP contribution in [-0.4, -0.2) is 12.6 Å². The number of para-hydroxylation sites is 2. The highest BCUT2D eigenvalue weighted by Gasteiger charge is 2.38. The van der Waals surface area contributed by atoms with E-state index in [1.54, 1.807) is 26.0 Å². The van der Waals surface area contributed by atoms with Crippen LogP contribution in [0.2, 0.25) is 0 Å². The number of nitrogens with one attached hydrogen (secondary N) is 1. The van der Waals surface area contributed by atoms with Crippen LogP contribution in [0, 0.1) is 19.7 Å². The number of carbonyl (C=O) groups is 1. The van der Waals surface area contributed by atoms with Gasteiger partial charge in [0.25, 0.3) is 0 Å². The van der Waals surface area contributed by atoms with E-state index in [0.717, 1.165) is 22.5 Å². The van der Waals surface area contributed by atoms with Gasteiger partial charge in [-0.1, -0.05) is 36.4 Å². The Kier molecular flexibility index (Phi) is 6.69. The highest BCUT2D eigenvalue weighted by atomic mass is 32.2. The second-order valence-corrected chi connectivity index (χ2v) is 11.6. The zero-order valence-corrected chi connectivity index (χ0v) is 22.1. The number of hydrogen-bond acceptors (Lipinski definition) is 4. The molecular weight excluding hydrogens is 485 g/mol. The molecule has 0 aliphatic carbocycles. The summed E-state index contributed by atoms with van der Waals surface area (Å²) in [7, 11) is -0.272. The fourth-order valence-electron chi connectivity index (χ4n) is 4.62. The van der Waals surface area contributed by atoms with Crippen LogP contribution in [0.1, 0.15) is 30.5 Å². The van der Waals surface area contributed by atoms with E-state index in [9.17, 15) is 9.18 Å². The summed E-state index contributed by atoms with van der Waals surface area (Å²) in [6.45, 7) is 7.34. The SMILES string of the molecule is Cc1cc([S+]2c3ccccc3Nc3ccccc32)cc(C)c1OCC(=O)OC(C)(C)c1ccc(F)cc1. The summed E-state index contributed by atoms with van der Waals surface area (Å²) >= 11 is 0. The van der Waals surface area contributed by atoms with E-state index in [1.165, 1.54) is 26.8 Å². The molecule has 0 saturated carbocycles. The molecule has 4 nitrogen and oxygen atoms in total. The van der Waals surface area contributed by atoms with Gasteiger partial charge in [-0.2, -0.15) is 0 Å². The fraction of sp³-hybridized carbons (Fsp3) is 0.194. The van der Waals surface area contributed by atoms with E-state index in [0.29, 0.717) is 11.3 Å². The number of anilines is 2. The van der Waals surface area contributed by atoms with Gasteiger partial charge in [-0.3, -0.25) is 0 Å². The second kappa shape index (κ2) is 9.94. The number of fused-ring (bicyclic) bond motifs is 2. The summed E-state index contributed by atoms with van der Waals surface area (Å²) in [5.41, 5.74) is 3.96. The van der Waals surface area contributed by atoms with Crippen LogP contribution in [0.3, 0.4) is 0 Å². The Hall–Kier alpha value is -3.77. The molecule has 1 aliphatic rings. The first-order chi connectivity index (χ1) is 17.7. The third-order valence-electron chi connectivity index (χ3n) is 6.40. The molecule has 6 heteroatoms. The maximum atomic E-state index is 13.3. The number of benzene rings is 4. The van der Waals surface area contributed by atoms with Crippen molar-refractivity contribution in [2.75, 3.05) is 11.9 Å². The van der Waals surface area contributed by atoms with E-state index in [-0.39, 0.29) is 23.3 Å². The molecule has 5 rings (SSSR count). The minimum atomic E-state index is -0.904. The van der Waals surface area contributed by atoms with Crippen molar-refractivity contribution in [2.45, 2.75) is 48.0 Å². The minimum Gasteiger partial charge on any atom is -0.481 e. The van der Waals surface area contributed by atoms with E-state index >= 15 is 0 Å². The van der Waals surface area contributed by atoms with Crippen molar-refractivity contribution in [3.05, 3.63) is 107 Å². The topological polar surface area (TPSA) is 47.6 Å². The molecule has 0 aromatic heterocycles. The van der Waals surface area contributed by atoms with Crippen LogP contribution in [0.25, 0.3) is 0 Å². The number of hydrogen-bond donors (Lipinski definition) is 1. The van der Waals surface area contributed by atoms with Crippen LogP contribution in [0.5, 0.6) is 5.75 Å². The zero-order valence-electron chi connectivity index (χ0n) is 21.3. The third kappa shape index (κ3) is 5.07. The lowest BCUT2D eigenvalue weighted by molar-refractivity contribution is -0.159. The molecule has 4 aromatic rings. The Morgan fingerprint density at radius 3 is 1.97 bits per heavy atom. The van der Waals surface area contributed by atoms with Crippen molar-refractivity contribution < 1.29 is 18.7 Å². The monoisotopic (exact) mass is 514 g/mol. The smallest absolute Gasteiger partial charge is 0.345 e. The summed E-state index contributed by atoms with van der Waals surface area (Å²) in [6, 6.07) is 27.1. The molecule has 188 valence electrons. The minimum absolute atomic E-state index is 0.215. The van der Waals surface area contributed by atoms with Gasteiger partial charge in [-0.15, -0.1) is 0 Å². The molecule has 1 aliphatic heterocycles. The lowest BCUT2D eigenvalue weighted by Gasteiger charge is -2.26. The maximum absolute atomic E-state index is 13.3. The Labute approximate surface area is 219 Å². The van der Waals surface area contributed by atoms with Crippen molar-refractivity contribution in [1.82, 2.24) is 0 Å². The number of aryl methyl sites for hydroxylation is 2. The second-order valence-electron chi connectivity index (χ2n) is 9.59. The lowest BCUT2D eigenvalue weighted by Crippen LogP contribution is -2.28. The standard InChI is InChI=1S/C31H29FNO3S/c1-20-17-24(37-27-11-7-5-9-25(27)33-26-10-6-8-12-28(26)37)18-21(2)30(20)35-19-29(34)36-31(3,4)22-13-15-23(32)16-14-22/h5-18,33H,19H2,1-4H3/q+1. The van der Waals surface area contributed by atoms with Crippen molar-refractivity contribution in [3.8, 4) is 5.75 Å². The summed E-state index contributed by atoms with van der Waals surface area (Å²) in [5.74, 6) is -0.137. The Morgan fingerprint density at radius 1 is 0.865 bits per heavy atom. The number of ether oxygens (including phenoxy) is 2. The zero-order chi connectivity index (χ0) is 26.2. The van der Waals surface area contributed by atoms with E-state index < -0.39 is 11.6 Å². The van der Waals surface area contributed by atoms with Crippen LogP contribution in [0.15, 0.2) is 99.6 Å². The van der Waals surface area contributed by atoms with Gasteiger partial charge in [0.15, 0.2) is 21.3 Å². The molecule has 4 aromatic carbocycles. The molecule has 0 atom stereocenters. The van der Waals surface area contributed by atoms with Gasteiger partial charge in [0, 0.05) is 12.1 Å². The molecule has 0 amide bonds. The van der Waals surface area contributed by atoms with E-state index in [4.69, 9.17) is 9.47 Å². The van der Waals surface area contributed by atoms with Gasteiger partial charge in [0.2, 0.25) is 0 Å². The number of rotatable bonds is 6. The fourth-order valence-corrected chi connectivity index (χ4v) is 7.07. The lowest BCUT2D eigenvalue weighted by atomic mass is 9.98. The highest BCUT2D eigenvalue weighted by molar-refractivity contribution is 7.97. The van der Waals surface area contributed by atoms with Gasteiger partial charge in [-0.05, 0) is 80.8 Å². The summed E-state index contributed by atoms with van der Waals surface area (Å²) in [4.78, 5) is 16.4. The Balaban J connectivity index is 1.36. The molecule has 1 N–H and O–H groups in total. The van der Waals surface area contributed by atoms with Gasteiger partial charge >= 0.3 is 5.97 Å². The summed E-state index contributed by atoms with van der Waals surface area (Å²) < 4.78 is 24.9. The molecule has 0 fully saturated rings. The molecular formula is C31H29FNO3S+. The average molecular weight is 515 g/mol. The number of halogens is 1. The molecule has 0 bridgehead atoms. The van der Waals surface area contributed by atoms with Crippen molar-refractivity contribution in [3.63, 3.8) is 0 Å². The van der Waals surface area contributed by atoms with Crippen LogP contribution < -0.4 is 10.1 Å². The summed E-state index contributed by atoms with van der Waals surface area (Å²) in [5, 5.41) is 3.56. The van der Waals surface area contributed by atoms with E-state index in [1.807, 2.05) is 26.0 Å². The van der Waals surface area contributed by atoms with Gasteiger partial charge in [-0.25, -0.2) is 9.18 Å². The maximum Gasteiger partial charge on any atom is 0.345 e. The van der Waals surface area contributed by atoms with Crippen molar-refractivity contribution >= 4 is 28.2 Å². The van der Waals surface area contributed by atoms with Gasteiger partial charge < -0.3 is 14.8 Å². The van der Waals surface area contributed by atoms with Crippen LogP contribution in [-0.2, 0) is 26.0 Å². The molecule has 0 radical (unpaired) electrons. The number of esters is 1. The predicted molar refractivity (Wildman–Crippen MR) is 145 cm³/mol. The molecule has 0 saturated heterocycles. The third-order valence-corrected chi connectivity index (χ3v) is 8.69. The van der Waals surface area contributed by atoms with E-state index in [2.05, 4.69) is 53.8 Å². The molecule has 0 spiro atoms. The Bertz CT molecular complexity index is 1400. The average Bonchev–Trinajstić information content (AvgIpc) is 2.86. The summed E-state index contributed by atoms with van der Waals surface area (Å²) in [6.07, 6.45) is 0.